The van der Waals surface area contributed by atoms with Gasteiger partial charge in [0.2, 0.25) is 0 Å². The Morgan fingerprint density at radius 2 is 1.54 bits per heavy atom. The van der Waals surface area contributed by atoms with Crippen molar-refractivity contribution < 1.29 is 0 Å². The number of piperazine rings is 1. The van der Waals surface area contributed by atoms with Gasteiger partial charge >= 0.3 is 0 Å². The highest BCUT2D eigenvalue weighted by Gasteiger charge is 2.19. The normalized spacial score (nSPS) is 15.0. The van der Waals surface area contributed by atoms with Crippen molar-refractivity contribution in [3.8, 4) is 0 Å². The van der Waals surface area contributed by atoms with Crippen molar-refractivity contribution in [2.45, 2.75) is 6.42 Å². The molecule has 2 aromatic carbocycles. The van der Waals surface area contributed by atoms with Crippen LogP contribution in [0.25, 0.3) is 0 Å². The highest BCUT2D eigenvalue weighted by Crippen LogP contribution is 2.15. The topological polar surface area (TPSA) is 42.9 Å². The number of rotatable bonds is 6. The summed E-state index contributed by atoms with van der Waals surface area (Å²) in [5, 5.41) is 6.94. The van der Waals surface area contributed by atoms with Gasteiger partial charge in [-0.05, 0) is 30.7 Å². The van der Waals surface area contributed by atoms with Gasteiger partial charge in [0.15, 0.2) is 5.96 Å². The number of hydrogen-bond donors (Lipinski definition) is 2. The summed E-state index contributed by atoms with van der Waals surface area (Å²) >= 11 is 0. The minimum Gasteiger partial charge on any atom is -0.385 e. The van der Waals surface area contributed by atoms with Crippen molar-refractivity contribution in [3.63, 3.8) is 0 Å². The number of hydrogen-bond acceptors (Lipinski definition) is 3. The molecule has 0 bridgehead atoms. The predicted octanol–water partition coefficient (Wildman–Crippen LogP) is 2.89. The fourth-order valence-electron chi connectivity index (χ4n) is 3.22. The van der Waals surface area contributed by atoms with E-state index in [-0.39, 0.29) is 0 Å². The van der Waals surface area contributed by atoms with Crippen molar-refractivity contribution in [2.75, 3.05) is 56.5 Å². The summed E-state index contributed by atoms with van der Waals surface area (Å²) in [6.45, 7) is 5.93. The highest BCUT2D eigenvalue weighted by molar-refractivity contribution is 5.80. The molecule has 0 spiro atoms. The van der Waals surface area contributed by atoms with Crippen LogP contribution in [0.5, 0.6) is 0 Å². The van der Waals surface area contributed by atoms with Gasteiger partial charge in [0, 0.05) is 57.7 Å². The van der Waals surface area contributed by atoms with Gasteiger partial charge in [-0.1, -0.05) is 36.4 Å². The largest absolute Gasteiger partial charge is 0.385 e. The lowest BCUT2D eigenvalue weighted by Gasteiger charge is -2.37. The van der Waals surface area contributed by atoms with Crippen LogP contribution < -0.4 is 15.5 Å². The molecule has 138 valence electrons. The quantitative estimate of drug-likeness (QED) is 0.477. The van der Waals surface area contributed by atoms with Crippen LogP contribution in [0.2, 0.25) is 0 Å². The van der Waals surface area contributed by atoms with Crippen LogP contribution >= 0.6 is 0 Å². The first-order chi connectivity index (χ1) is 12.9. The van der Waals surface area contributed by atoms with Crippen LogP contribution in [0.15, 0.2) is 65.7 Å². The fraction of sp³-hybridized carbons (Fsp3) is 0.381. The Bertz CT molecular complexity index is 663. The molecule has 2 N–H and O–H groups in total. The second-order valence-electron chi connectivity index (χ2n) is 6.43. The van der Waals surface area contributed by atoms with Gasteiger partial charge in [-0.3, -0.25) is 4.99 Å². The molecule has 3 rings (SSSR count). The van der Waals surface area contributed by atoms with Gasteiger partial charge in [-0.25, -0.2) is 0 Å². The van der Waals surface area contributed by atoms with Gasteiger partial charge in [0.25, 0.3) is 0 Å². The zero-order chi connectivity index (χ0) is 18.0. The molecule has 0 aromatic heterocycles. The molecular weight excluding hydrogens is 322 g/mol. The molecule has 0 aliphatic carbocycles. The monoisotopic (exact) mass is 351 g/mol. The Balaban J connectivity index is 1.37. The lowest BCUT2D eigenvalue weighted by Crippen LogP contribution is -2.52. The van der Waals surface area contributed by atoms with Crippen molar-refractivity contribution >= 4 is 17.3 Å². The summed E-state index contributed by atoms with van der Waals surface area (Å²) < 4.78 is 0. The lowest BCUT2D eigenvalue weighted by atomic mass is 10.2. The molecule has 26 heavy (non-hydrogen) atoms. The van der Waals surface area contributed by atoms with Gasteiger partial charge in [0.1, 0.15) is 0 Å². The fourth-order valence-corrected chi connectivity index (χ4v) is 3.22. The third kappa shape index (κ3) is 5.15. The molecule has 0 saturated carbocycles. The number of anilines is 2. The standard InChI is InChI=1S/C21H29N5/c1-22-21(24-14-8-13-23-19-9-4-2-5-10-19)26-17-15-25(16-18-26)20-11-6-3-7-12-20/h2-7,9-12,23H,8,13-18H2,1H3,(H,22,24). The minimum absolute atomic E-state index is 0.922. The number of benzene rings is 2. The molecular formula is C21H29N5. The third-order valence-electron chi connectivity index (χ3n) is 4.65. The van der Waals surface area contributed by atoms with Crippen LogP contribution in [-0.4, -0.2) is 57.2 Å². The maximum atomic E-state index is 4.46. The summed E-state index contributed by atoms with van der Waals surface area (Å²) in [5.74, 6) is 1.01. The first kappa shape index (κ1) is 18.1. The summed E-state index contributed by atoms with van der Waals surface area (Å²) in [6.07, 6.45) is 1.05. The number of guanidine groups is 1. The minimum atomic E-state index is 0.922. The lowest BCUT2D eigenvalue weighted by molar-refractivity contribution is 0.372. The van der Waals surface area contributed by atoms with E-state index in [0.29, 0.717) is 0 Å². The van der Waals surface area contributed by atoms with Crippen molar-refractivity contribution in [2.24, 2.45) is 4.99 Å². The second kappa shape index (κ2) is 9.70. The summed E-state index contributed by atoms with van der Waals surface area (Å²) in [7, 11) is 1.87. The van der Waals surface area contributed by atoms with Crippen LogP contribution in [0.4, 0.5) is 11.4 Å². The average molecular weight is 351 g/mol. The summed E-state index contributed by atoms with van der Waals surface area (Å²) in [4.78, 5) is 9.25. The molecule has 5 nitrogen and oxygen atoms in total. The van der Waals surface area contributed by atoms with E-state index in [1.165, 1.54) is 11.4 Å². The third-order valence-corrected chi connectivity index (χ3v) is 4.65. The van der Waals surface area contributed by atoms with E-state index >= 15 is 0 Å². The Morgan fingerprint density at radius 1 is 0.885 bits per heavy atom. The zero-order valence-electron chi connectivity index (χ0n) is 15.6. The Hall–Kier alpha value is -2.69. The molecule has 1 aliphatic rings. The van der Waals surface area contributed by atoms with Gasteiger partial charge < -0.3 is 20.4 Å². The molecule has 0 amide bonds. The van der Waals surface area contributed by atoms with E-state index in [1.807, 2.05) is 13.1 Å². The SMILES string of the molecule is CN=C(NCCCNc1ccccc1)N1CCN(c2ccccc2)CC1. The molecule has 0 atom stereocenters. The van der Waals surface area contributed by atoms with E-state index in [9.17, 15) is 0 Å². The maximum Gasteiger partial charge on any atom is 0.193 e. The molecule has 2 aromatic rings. The van der Waals surface area contributed by atoms with Gasteiger partial charge in [-0.2, -0.15) is 0 Å². The molecule has 1 saturated heterocycles. The average Bonchev–Trinajstić information content (AvgIpc) is 2.72. The number of aliphatic imine (C=N–C) groups is 1. The number of nitrogens with one attached hydrogen (secondary N) is 2. The Kier molecular flexibility index (Phi) is 6.76. The van der Waals surface area contributed by atoms with Crippen molar-refractivity contribution in [1.82, 2.24) is 10.2 Å². The summed E-state index contributed by atoms with van der Waals surface area (Å²) in [6, 6.07) is 21.0. The van der Waals surface area contributed by atoms with E-state index in [1.54, 1.807) is 0 Å². The molecule has 1 heterocycles. The highest BCUT2D eigenvalue weighted by atomic mass is 15.3. The molecule has 0 unspecified atom stereocenters. The van der Waals surface area contributed by atoms with Gasteiger partial charge in [0.05, 0.1) is 0 Å². The van der Waals surface area contributed by atoms with E-state index in [0.717, 1.165) is 51.6 Å². The van der Waals surface area contributed by atoms with Crippen LogP contribution in [0.3, 0.4) is 0 Å². The van der Waals surface area contributed by atoms with E-state index < -0.39 is 0 Å². The summed E-state index contributed by atoms with van der Waals surface area (Å²) in [5.41, 5.74) is 2.48. The second-order valence-corrected chi connectivity index (χ2v) is 6.43. The van der Waals surface area contributed by atoms with Crippen LogP contribution in [0, 0.1) is 0 Å². The Labute approximate surface area is 156 Å². The van der Waals surface area contributed by atoms with Crippen molar-refractivity contribution in [1.29, 1.82) is 0 Å². The van der Waals surface area contributed by atoms with Gasteiger partial charge in [-0.15, -0.1) is 0 Å². The Morgan fingerprint density at radius 3 is 2.19 bits per heavy atom. The predicted molar refractivity (Wildman–Crippen MR) is 111 cm³/mol. The van der Waals surface area contributed by atoms with Crippen LogP contribution in [0.1, 0.15) is 6.42 Å². The van der Waals surface area contributed by atoms with Crippen LogP contribution in [-0.2, 0) is 0 Å². The smallest absolute Gasteiger partial charge is 0.193 e. The first-order valence-corrected chi connectivity index (χ1v) is 9.41. The molecule has 1 fully saturated rings. The maximum absolute atomic E-state index is 4.46. The number of nitrogens with zero attached hydrogens (tertiary/aromatic N) is 3. The van der Waals surface area contributed by atoms with Crippen molar-refractivity contribution in [3.05, 3.63) is 60.7 Å². The molecule has 0 radical (unpaired) electrons. The first-order valence-electron chi connectivity index (χ1n) is 9.41. The molecule has 5 heteroatoms. The van der Waals surface area contributed by atoms with E-state index in [2.05, 4.69) is 80.0 Å². The number of para-hydroxylation sites is 2. The van der Waals surface area contributed by atoms with E-state index in [4.69, 9.17) is 0 Å². The molecule has 1 aliphatic heterocycles. The zero-order valence-corrected chi connectivity index (χ0v) is 15.6.